The summed E-state index contributed by atoms with van der Waals surface area (Å²) in [5.41, 5.74) is 1.42. The van der Waals surface area contributed by atoms with E-state index in [9.17, 15) is 4.39 Å². The molecule has 102 valence electrons. The van der Waals surface area contributed by atoms with Crippen LogP contribution in [-0.2, 0) is 13.2 Å². The number of nitrogens with zero attached hydrogens (tertiary/aromatic N) is 1. The average Bonchev–Trinajstić information content (AvgIpc) is 2.47. The Morgan fingerprint density at radius 3 is 2.75 bits per heavy atom. The topological polar surface area (TPSA) is 53.2 Å². The Hall–Kier alpha value is -1.90. The van der Waals surface area contributed by atoms with Gasteiger partial charge in [-0.15, -0.1) is 0 Å². The maximum absolute atomic E-state index is 13.2. The zero-order valence-corrected chi connectivity index (χ0v) is 12.0. The summed E-state index contributed by atoms with van der Waals surface area (Å²) in [6.45, 7) is 0.133. The molecule has 0 spiro atoms. The molecule has 2 aromatic rings. The molecule has 0 aliphatic rings. The third-order valence-electron chi connectivity index (χ3n) is 2.74. The van der Waals surface area contributed by atoms with E-state index in [0.29, 0.717) is 11.3 Å². The van der Waals surface area contributed by atoms with Crippen molar-refractivity contribution in [3.63, 3.8) is 0 Å². The molecule has 3 nitrogen and oxygen atoms in total. The van der Waals surface area contributed by atoms with E-state index >= 15 is 0 Å². The number of aliphatic hydroxyl groups excluding tert-OH is 1. The molecule has 0 saturated heterocycles. The SMILES string of the molecule is N#Cc1cc(COc2ccc(Br)c(CO)c2)ccc1F. The highest BCUT2D eigenvalue weighted by Crippen LogP contribution is 2.23. The first-order chi connectivity index (χ1) is 9.63. The van der Waals surface area contributed by atoms with E-state index in [1.54, 1.807) is 30.3 Å². The monoisotopic (exact) mass is 335 g/mol. The molecule has 0 aromatic heterocycles. The normalized spacial score (nSPS) is 10.1. The van der Waals surface area contributed by atoms with Crippen molar-refractivity contribution in [1.82, 2.24) is 0 Å². The predicted octanol–water partition coefficient (Wildman–Crippen LogP) is 3.53. The minimum atomic E-state index is -0.539. The van der Waals surface area contributed by atoms with Crippen LogP contribution >= 0.6 is 15.9 Å². The van der Waals surface area contributed by atoms with Crippen molar-refractivity contribution in [2.75, 3.05) is 0 Å². The van der Waals surface area contributed by atoms with Gasteiger partial charge < -0.3 is 9.84 Å². The van der Waals surface area contributed by atoms with Crippen molar-refractivity contribution < 1.29 is 14.2 Å². The Bertz CT molecular complexity index is 667. The van der Waals surface area contributed by atoms with Crippen LogP contribution in [0.25, 0.3) is 0 Å². The van der Waals surface area contributed by atoms with Gasteiger partial charge in [0.15, 0.2) is 0 Å². The summed E-state index contributed by atoms with van der Waals surface area (Å²) in [5.74, 6) is 0.0579. The van der Waals surface area contributed by atoms with Crippen LogP contribution in [0.5, 0.6) is 5.75 Å². The van der Waals surface area contributed by atoms with Crippen molar-refractivity contribution in [3.05, 3.63) is 63.4 Å². The molecule has 0 amide bonds. The molecule has 0 bridgehead atoms. The summed E-state index contributed by atoms with van der Waals surface area (Å²) >= 11 is 3.32. The number of rotatable bonds is 4. The zero-order valence-electron chi connectivity index (χ0n) is 10.4. The van der Waals surface area contributed by atoms with Gasteiger partial charge in [-0.3, -0.25) is 0 Å². The average molecular weight is 336 g/mol. The molecule has 0 saturated carbocycles. The van der Waals surface area contributed by atoms with Gasteiger partial charge in [-0.1, -0.05) is 22.0 Å². The van der Waals surface area contributed by atoms with Crippen molar-refractivity contribution in [2.45, 2.75) is 13.2 Å². The molecule has 2 aromatic carbocycles. The Balaban J connectivity index is 2.11. The number of benzene rings is 2. The Morgan fingerprint density at radius 1 is 1.25 bits per heavy atom. The lowest BCUT2D eigenvalue weighted by molar-refractivity contribution is 0.277. The van der Waals surface area contributed by atoms with Gasteiger partial charge in [0.2, 0.25) is 0 Å². The lowest BCUT2D eigenvalue weighted by atomic mass is 10.1. The molecule has 2 rings (SSSR count). The molecule has 0 aliphatic heterocycles. The zero-order chi connectivity index (χ0) is 14.5. The van der Waals surface area contributed by atoms with E-state index in [1.807, 2.05) is 0 Å². The number of hydrogen-bond acceptors (Lipinski definition) is 3. The lowest BCUT2D eigenvalue weighted by Gasteiger charge is -2.09. The Labute approximate surface area is 124 Å². The first kappa shape index (κ1) is 14.5. The van der Waals surface area contributed by atoms with E-state index in [1.165, 1.54) is 12.1 Å². The van der Waals surface area contributed by atoms with E-state index in [4.69, 9.17) is 15.1 Å². The maximum atomic E-state index is 13.2. The second kappa shape index (κ2) is 6.51. The second-order valence-electron chi connectivity index (χ2n) is 4.13. The van der Waals surface area contributed by atoms with Gasteiger partial charge >= 0.3 is 0 Å². The molecule has 5 heteroatoms. The standard InChI is InChI=1S/C15H11BrFNO2/c16-14-3-2-13(6-12(14)8-19)20-9-10-1-4-15(17)11(5-10)7-18/h1-6,19H,8-9H2. The Kier molecular flexibility index (Phi) is 4.72. The highest BCUT2D eigenvalue weighted by Gasteiger charge is 2.05. The summed E-state index contributed by atoms with van der Waals surface area (Å²) in [6.07, 6.45) is 0. The smallest absolute Gasteiger partial charge is 0.140 e. The minimum Gasteiger partial charge on any atom is -0.489 e. The van der Waals surface area contributed by atoms with Crippen LogP contribution in [0.1, 0.15) is 16.7 Å². The molecular formula is C15H11BrFNO2. The third-order valence-corrected chi connectivity index (χ3v) is 3.52. The van der Waals surface area contributed by atoms with Gasteiger partial charge in [0, 0.05) is 4.47 Å². The summed E-state index contributed by atoms with van der Waals surface area (Å²) in [4.78, 5) is 0. The quantitative estimate of drug-likeness (QED) is 0.929. The molecule has 0 atom stereocenters. The fraction of sp³-hybridized carbons (Fsp3) is 0.133. The molecule has 0 unspecified atom stereocenters. The van der Waals surface area contributed by atoms with Crippen LogP contribution in [0.3, 0.4) is 0 Å². The second-order valence-corrected chi connectivity index (χ2v) is 4.98. The molecule has 1 N–H and O–H groups in total. The summed E-state index contributed by atoms with van der Waals surface area (Å²) in [6, 6.07) is 11.3. The van der Waals surface area contributed by atoms with E-state index in [-0.39, 0.29) is 18.8 Å². The lowest BCUT2D eigenvalue weighted by Crippen LogP contribution is -1.98. The number of hydrogen-bond donors (Lipinski definition) is 1. The molecule has 0 heterocycles. The van der Waals surface area contributed by atoms with Crippen molar-refractivity contribution in [3.8, 4) is 11.8 Å². The van der Waals surface area contributed by atoms with Crippen molar-refractivity contribution >= 4 is 15.9 Å². The van der Waals surface area contributed by atoms with E-state index in [0.717, 1.165) is 10.0 Å². The summed E-state index contributed by atoms with van der Waals surface area (Å²) in [7, 11) is 0. The van der Waals surface area contributed by atoms with Gasteiger partial charge in [-0.2, -0.15) is 5.26 Å². The summed E-state index contributed by atoms with van der Waals surface area (Å²) < 4.78 is 19.6. The van der Waals surface area contributed by atoms with Crippen LogP contribution in [0.4, 0.5) is 4.39 Å². The number of ether oxygens (including phenoxy) is 1. The Morgan fingerprint density at radius 2 is 2.05 bits per heavy atom. The van der Waals surface area contributed by atoms with Gasteiger partial charge in [-0.05, 0) is 41.5 Å². The van der Waals surface area contributed by atoms with Crippen LogP contribution in [-0.4, -0.2) is 5.11 Å². The van der Waals surface area contributed by atoms with Gasteiger partial charge in [0.1, 0.15) is 24.2 Å². The molecule has 0 aliphatic carbocycles. The predicted molar refractivity (Wildman–Crippen MR) is 75.5 cm³/mol. The van der Waals surface area contributed by atoms with Crippen LogP contribution < -0.4 is 4.74 Å². The highest BCUT2D eigenvalue weighted by atomic mass is 79.9. The van der Waals surface area contributed by atoms with Crippen LogP contribution in [0.15, 0.2) is 40.9 Å². The number of nitriles is 1. The van der Waals surface area contributed by atoms with E-state index in [2.05, 4.69) is 15.9 Å². The van der Waals surface area contributed by atoms with Gasteiger partial charge in [0.05, 0.1) is 12.2 Å². The van der Waals surface area contributed by atoms with Crippen LogP contribution in [0.2, 0.25) is 0 Å². The third kappa shape index (κ3) is 3.35. The molecular weight excluding hydrogens is 325 g/mol. The van der Waals surface area contributed by atoms with Gasteiger partial charge in [-0.25, -0.2) is 4.39 Å². The van der Waals surface area contributed by atoms with Crippen LogP contribution in [0, 0.1) is 17.1 Å². The molecule has 20 heavy (non-hydrogen) atoms. The first-order valence-corrected chi connectivity index (χ1v) is 6.64. The largest absolute Gasteiger partial charge is 0.489 e. The summed E-state index contributed by atoms with van der Waals surface area (Å²) in [5, 5.41) is 17.9. The highest BCUT2D eigenvalue weighted by molar-refractivity contribution is 9.10. The van der Waals surface area contributed by atoms with Crippen molar-refractivity contribution in [1.29, 1.82) is 5.26 Å². The fourth-order valence-electron chi connectivity index (χ4n) is 1.68. The maximum Gasteiger partial charge on any atom is 0.140 e. The molecule has 0 radical (unpaired) electrons. The number of halogens is 2. The van der Waals surface area contributed by atoms with E-state index < -0.39 is 5.82 Å². The fourth-order valence-corrected chi connectivity index (χ4v) is 2.05. The van der Waals surface area contributed by atoms with Gasteiger partial charge in [0.25, 0.3) is 0 Å². The number of aliphatic hydroxyl groups is 1. The minimum absolute atomic E-state index is 0.00190. The first-order valence-electron chi connectivity index (χ1n) is 5.84. The molecule has 0 fully saturated rings. The van der Waals surface area contributed by atoms with Crippen molar-refractivity contribution in [2.24, 2.45) is 0 Å².